The summed E-state index contributed by atoms with van der Waals surface area (Å²) in [6.07, 6.45) is 1.50. The van der Waals surface area contributed by atoms with Crippen LogP contribution in [0.1, 0.15) is 10.4 Å². The minimum atomic E-state index is -0.236. The van der Waals surface area contributed by atoms with E-state index < -0.39 is 0 Å². The van der Waals surface area contributed by atoms with Crippen molar-refractivity contribution in [3.05, 3.63) is 52.8 Å². The zero-order valence-electron chi connectivity index (χ0n) is 10.6. The maximum Gasteiger partial charge on any atom is 0.257 e. The van der Waals surface area contributed by atoms with Gasteiger partial charge in [-0.2, -0.15) is 5.21 Å². The van der Waals surface area contributed by atoms with Crippen LogP contribution < -0.4 is 5.32 Å². The second-order valence-electron chi connectivity index (χ2n) is 4.14. The first-order chi connectivity index (χ1) is 10.2. The number of pyridine rings is 1. The summed E-state index contributed by atoms with van der Waals surface area (Å²) in [7, 11) is 0. The number of carbonyl (C=O) groups is 1. The van der Waals surface area contributed by atoms with Gasteiger partial charge in [-0.05, 0) is 45.4 Å². The van der Waals surface area contributed by atoms with Crippen LogP contribution >= 0.6 is 15.9 Å². The van der Waals surface area contributed by atoms with Gasteiger partial charge in [-0.15, -0.1) is 10.2 Å². The molecule has 1 aromatic carbocycles. The molecule has 2 N–H and O–H groups in total. The number of aromatic nitrogens is 5. The zero-order valence-corrected chi connectivity index (χ0v) is 12.2. The van der Waals surface area contributed by atoms with Gasteiger partial charge in [0, 0.05) is 17.4 Å². The third-order valence-corrected chi connectivity index (χ3v) is 3.18. The van der Waals surface area contributed by atoms with Crippen molar-refractivity contribution in [2.24, 2.45) is 0 Å². The van der Waals surface area contributed by atoms with Crippen molar-refractivity contribution in [2.75, 3.05) is 5.32 Å². The van der Waals surface area contributed by atoms with Crippen LogP contribution in [0.4, 0.5) is 5.69 Å². The third kappa shape index (κ3) is 3.11. The number of H-pyrrole nitrogens is 1. The highest BCUT2D eigenvalue weighted by molar-refractivity contribution is 9.10. The molecule has 3 rings (SSSR count). The minimum absolute atomic E-state index is 0.236. The van der Waals surface area contributed by atoms with Crippen molar-refractivity contribution in [2.45, 2.75) is 0 Å². The van der Waals surface area contributed by atoms with Gasteiger partial charge in [0.15, 0.2) is 0 Å². The lowest BCUT2D eigenvalue weighted by molar-refractivity contribution is 0.102. The molecule has 21 heavy (non-hydrogen) atoms. The highest BCUT2D eigenvalue weighted by atomic mass is 79.9. The third-order valence-electron chi connectivity index (χ3n) is 2.71. The van der Waals surface area contributed by atoms with Gasteiger partial charge in [0.2, 0.25) is 5.82 Å². The topological polar surface area (TPSA) is 96.5 Å². The molecule has 0 aliphatic heterocycles. The number of nitrogens with one attached hydrogen (secondary N) is 2. The summed E-state index contributed by atoms with van der Waals surface area (Å²) >= 11 is 3.23. The second kappa shape index (κ2) is 5.80. The summed E-state index contributed by atoms with van der Waals surface area (Å²) in [5, 5.41) is 16.5. The van der Waals surface area contributed by atoms with Gasteiger partial charge in [0.25, 0.3) is 5.91 Å². The molecule has 104 valence electrons. The smallest absolute Gasteiger partial charge is 0.257 e. The number of halogens is 1. The molecule has 1 amide bonds. The molecule has 0 aliphatic carbocycles. The van der Waals surface area contributed by atoms with Crippen LogP contribution in [0.2, 0.25) is 0 Å². The Hall–Kier alpha value is -2.61. The number of tetrazole rings is 1. The molecule has 0 radical (unpaired) electrons. The monoisotopic (exact) mass is 344 g/mol. The van der Waals surface area contributed by atoms with Gasteiger partial charge in [-0.3, -0.25) is 4.79 Å². The molecule has 0 saturated carbocycles. The summed E-state index contributed by atoms with van der Waals surface area (Å²) < 4.78 is 0.679. The van der Waals surface area contributed by atoms with Crippen molar-refractivity contribution in [1.29, 1.82) is 0 Å². The zero-order chi connectivity index (χ0) is 14.7. The van der Waals surface area contributed by atoms with E-state index in [1.165, 1.54) is 6.20 Å². The number of nitrogens with zero attached hydrogens (tertiary/aromatic N) is 4. The Labute approximate surface area is 127 Å². The van der Waals surface area contributed by atoms with Crippen LogP contribution in [-0.4, -0.2) is 31.5 Å². The van der Waals surface area contributed by atoms with Gasteiger partial charge in [0.05, 0.1) is 5.56 Å². The maximum absolute atomic E-state index is 12.1. The molecule has 2 heterocycles. The average Bonchev–Trinajstić information content (AvgIpc) is 3.02. The molecular weight excluding hydrogens is 336 g/mol. The highest BCUT2D eigenvalue weighted by Gasteiger charge is 2.08. The molecule has 0 saturated heterocycles. The van der Waals surface area contributed by atoms with Crippen molar-refractivity contribution in [3.63, 3.8) is 0 Å². The van der Waals surface area contributed by atoms with E-state index >= 15 is 0 Å². The lowest BCUT2D eigenvalue weighted by Gasteiger charge is -2.06. The quantitative estimate of drug-likeness (QED) is 0.710. The fourth-order valence-electron chi connectivity index (χ4n) is 1.73. The molecule has 0 atom stereocenters. The summed E-state index contributed by atoms with van der Waals surface area (Å²) in [5.41, 5.74) is 1.88. The van der Waals surface area contributed by atoms with Crippen LogP contribution in [0, 0.1) is 0 Å². The van der Waals surface area contributed by atoms with Crippen LogP contribution in [0.3, 0.4) is 0 Å². The van der Waals surface area contributed by atoms with Crippen molar-refractivity contribution < 1.29 is 4.79 Å². The lowest BCUT2D eigenvalue weighted by Crippen LogP contribution is -2.12. The van der Waals surface area contributed by atoms with E-state index in [0.29, 0.717) is 21.7 Å². The largest absolute Gasteiger partial charge is 0.322 e. The number of rotatable bonds is 3. The standard InChI is InChI=1S/C13H9BrN6O/c14-11-5-4-9(7-15-11)13(21)16-10-3-1-2-8(6-10)12-17-19-20-18-12/h1-7H,(H,16,21)(H,17,18,19,20). The Morgan fingerprint density at radius 3 is 2.86 bits per heavy atom. The molecule has 0 spiro atoms. The van der Waals surface area contributed by atoms with Gasteiger partial charge in [-0.1, -0.05) is 12.1 Å². The van der Waals surface area contributed by atoms with Crippen molar-refractivity contribution in [1.82, 2.24) is 25.6 Å². The van der Waals surface area contributed by atoms with Crippen LogP contribution in [0.5, 0.6) is 0 Å². The first kappa shape index (κ1) is 13.4. The normalized spacial score (nSPS) is 10.3. The molecule has 0 aliphatic rings. The van der Waals surface area contributed by atoms with Gasteiger partial charge >= 0.3 is 0 Å². The first-order valence-electron chi connectivity index (χ1n) is 5.99. The Balaban J connectivity index is 1.80. The fourth-order valence-corrected chi connectivity index (χ4v) is 1.97. The minimum Gasteiger partial charge on any atom is -0.322 e. The predicted molar refractivity (Wildman–Crippen MR) is 79.5 cm³/mol. The first-order valence-corrected chi connectivity index (χ1v) is 6.78. The van der Waals surface area contributed by atoms with E-state index in [0.717, 1.165) is 5.56 Å². The number of benzene rings is 1. The Kier molecular flexibility index (Phi) is 3.69. The molecule has 0 bridgehead atoms. The summed E-state index contributed by atoms with van der Waals surface area (Å²) in [4.78, 5) is 16.1. The van der Waals surface area contributed by atoms with Crippen LogP contribution in [-0.2, 0) is 0 Å². The summed E-state index contributed by atoms with van der Waals surface area (Å²) in [6, 6.07) is 10.6. The maximum atomic E-state index is 12.1. The molecule has 0 unspecified atom stereocenters. The Bertz CT molecular complexity index is 757. The Morgan fingerprint density at radius 2 is 2.14 bits per heavy atom. The summed E-state index contributed by atoms with van der Waals surface area (Å²) in [6.45, 7) is 0. The number of aromatic amines is 1. The van der Waals surface area contributed by atoms with Gasteiger partial charge in [-0.25, -0.2) is 4.98 Å². The number of carbonyl (C=O) groups excluding carboxylic acids is 1. The fraction of sp³-hybridized carbons (Fsp3) is 0. The van der Waals surface area contributed by atoms with E-state index in [1.54, 1.807) is 30.3 Å². The van der Waals surface area contributed by atoms with Gasteiger partial charge < -0.3 is 5.32 Å². The van der Waals surface area contributed by atoms with Crippen LogP contribution in [0.15, 0.2) is 47.2 Å². The van der Waals surface area contributed by atoms with E-state index in [9.17, 15) is 4.79 Å². The number of anilines is 1. The molecule has 8 heteroatoms. The van der Waals surface area contributed by atoms with Crippen LogP contribution in [0.25, 0.3) is 11.4 Å². The molecule has 3 aromatic rings. The Morgan fingerprint density at radius 1 is 1.24 bits per heavy atom. The molecule has 0 fully saturated rings. The van der Waals surface area contributed by atoms with E-state index in [-0.39, 0.29) is 5.91 Å². The number of amides is 1. The van der Waals surface area contributed by atoms with Crippen molar-refractivity contribution in [3.8, 4) is 11.4 Å². The van der Waals surface area contributed by atoms with E-state index in [2.05, 4.69) is 46.9 Å². The highest BCUT2D eigenvalue weighted by Crippen LogP contribution is 2.19. The predicted octanol–water partition coefficient (Wildman–Crippen LogP) is 2.28. The lowest BCUT2D eigenvalue weighted by atomic mass is 10.2. The number of hydrogen-bond donors (Lipinski definition) is 2. The molecule has 2 aromatic heterocycles. The SMILES string of the molecule is O=C(Nc1cccc(-c2nn[nH]n2)c1)c1ccc(Br)nc1. The van der Waals surface area contributed by atoms with Gasteiger partial charge in [0.1, 0.15) is 4.60 Å². The van der Waals surface area contributed by atoms with Crippen molar-refractivity contribution >= 4 is 27.5 Å². The second-order valence-corrected chi connectivity index (χ2v) is 4.95. The average molecular weight is 345 g/mol. The van der Waals surface area contributed by atoms with E-state index in [4.69, 9.17) is 0 Å². The summed E-state index contributed by atoms with van der Waals surface area (Å²) in [5.74, 6) is 0.233. The van der Waals surface area contributed by atoms with E-state index in [1.807, 2.05) is 6.07 Å². The molecule has 7 nitrogen and oxygen atoms in total. The number of hydrogen-bond acceptors (Lipinski definition) is 5. The molecular formula is C13H9BrN6O.